The Morgan fingerprint density at radius 1 is 0.950 bits per heavy atom. The van der Waals surface area contributed by atoms with Crippen molar-refractivity contribution in [3.63, 3.8) is 0 Å². The number of cyclic esters (lactones) is 1. The van der Waals surface area contributed by atoms with Crippen molar-refractivity contribution in [1.82, 2.24) is 4.90 Å². The largest absolute Gasteiger partial charge is 0.493 e. The van der Waals surface area contributed by atoms with E-state index in [0.29, 0.717) is 28.2 Å². The molecule has 4 atom stereocenters. The SMILES string of the molecule is COc1cc([C@@H]2c3cc4c(cc3[C@@H](O)[C@H]3COC(=O)[C@H]23)OCO4)cc(OC)c1OC(=O)CCN1C(=O)C=CC1=O. The molecule has 0 spiro atoms. The molecule has 0 aromatic heterocycles. The van der Waals surface area contributed by atoms with Crippen LogP contribution in [0.1, 0.15) is 35.1 Å². The van der Waals surface area contributed by atoms with Crippen molar-refractivity contribution in [3.8, 4) is 28.7 Å². The van der Waals surface area contributed by atoms with E-state index in [1.165, 1.54) is 14.2 Å². The van der Waals surface area contributed by atoms with Gasteiger partial charge in [0.2, 0.25) is 12.5 Å². The fourth-order valence-corrected chi connectivity index (χ4v) is 5.73. The van der Waals surface area contributed by atoms with E-state index in [1.54, 1.807) is 24.3 Å². The monoisotopic (exact) mass is 551 g/mol. The highest BCUT2D eigenvalue weighted by atomic mass is 16.7. The van der Waals surface area contributed by atoms with Gasteiger partial charge in [0.25, 0.3) is 11.8 Å². The average molecular weight is 552 g/mol. The van der Waals surface area contributed by atoms with E-state index >= 15 is 0 Å². The number of nitrogens with zero attached hydrogens (tertiary/aromatic N) is 1. The summed E-state index contributed by atoms with van der Waals surface area (Å²) in [4.78, 5) is 50.1. The van der Waals surface area contributed by atoms with Crippen LogP contribution in [-0.2, 0) is 23.9 Å². The van der Waals surface area contributed by atoms with Crippen molar-refractivity contribution in [3.05, 3.63) is 53.1 Å². The van der Waals surface area contributed by atoms with Gasteiger partial charge in [-0.3, -0.25) is 24.1 Å². The molecule has 3 heterocycles. The molecule has 0 saturated carbocycles. The first-order valence-corrected chi connectivity index (χ1v) is 12.6. The molecule has 0 unspecified atom stereocenters. The number of amides is 2. The molecule has 1 aliphatic carbocycles. The molecule has 0 radical (unpaired) electrons. The molecule has 2 aromatic carbocycles. The third-order valence-electron chi connectivity index (χ3n) is 7.65. The lowest BCUT2D eigenvalue weighted by molar-refractivity contribution is -0.142. The summed E-state index contributed by atoms with van der Waals surface area (Å²) in [5, 5.41) is 11.2. The summed E-state index contributed by atoms with van der Waals surface area (Å²) in [6.45, 7) is -0.0303. The van der Waals surface area contributed by atoms with Gasteiger partial charge in [-0.1, -0.05) is 0 Å². The van der Waals surface area contributed by atoms with E-state index in [2.05, 4.69) is 0 Å². The minimum Gasteiger partial charge on any atom is -0.493 e. The lowest BCUT2D eigenvalue weighted by Crippen LogP contribution is -2.34. The Hall–Kier alpha value is -4.58. The predicted molar refractivity (Wildman–Crippen MR) is 133 cm³/mol. The molecule has 1 N–H and O–H groups in total. The van der Waals surface area contributed by atoms with Gasteiger partial charge in [0.1, 0.15) is 0 Å². The Kier molecular flexibility index (Phi) is 6.34. The minimum absolute atomic E-state index is 0.00301. The number of rotatable bonds is 7. The number of aliphatic hydroxyl groups excluding tert-OH is 1. The Labute approximate surface area is 227 Å². The normalized spacial score (nSPS) is 24.1. The molecular weight excluding hydrogens is 526 g/mol. The van der Waals surface area contributed by atoms with Crippen LogP contribution in [0.15, 0.2) is 36.4 Å². The van der Waals surface area contributed by atoms with Crippen LogP contribution in [0, 0.1) is 11.8 Å². The molecule has 0 bridgehead atoms. The second-order valence-corrected chi connectivity index (χ2v) is 9.72. The van der Waals surface area contributed by atoms with Gasteiger partial charge in [-0.15, -0.1) is 0 Å². The molecule has 12 nitrogen and oxygen atoms in total. The molecule has 1 saturated heterocycles. The number of aliphatic hydroxyl groups is 1. The molecule has 2 amide bonds. The Bertz CT molecular complexity index is 1420. The minimum atomic E-state index is -0.953. The lowest BCUT2D eigenvalue weighted by atomic mass is 9.66. The summed E-state index contributed by atoms with van der Waals surface area (Å²) in [6.07, 6.45) is 1.08. The Balaban J connectivity index is 1.35. The van der Waals surface area contributed by atoms with Gasteiger partial charge in [-0.2, -0.15) is 0 Å². The number of benzene rings is 2. The first-order valence-electron chi connectivity index (χ1n) is 12.6. The maximum absolute atomic E-state index is 13.0. The molecule has 4 aliphatic rings. The van der Waals surface area contributed by atoms with Crippen molar-refractivity contribution in [2.75, 3.05) is 34.2 Å². The van der Waals surface area contributed by atoms with Crippen molar-refractivity contribution < 1.29 is 52.7 Å². The summed E-state index contributed by atoms with van der Waals surface area (Å²) >= 11 is 0. The number of methoxy groups -OCH3 is 2. The number of carbonyl (C=O) groups is 4. The quantitative estimate of drug-likeness (QED) is 0.304. The van der Waals surface area contributed by atoms with Crippen LogP contribution >= 0.6 is 0 Å². The molecule has 12 heteroatoms. The molecule has 6 rings (SSSR count). The zero-order valence-electron chi connectivity index (χ0n) is 21.6. The third kappa shape index (κ3) is 4.11. The fraction of sp³-hybridized carbons (Fsp3) is 0.357. The van der Waals surface area contributed by atoms with Gasteiger partial charge in [0.15, 0.2) is 23.0 Å². The second-order valence-electron chi connectivity index (χ2n) is 9.72. The lowest BCUT2D eigenvalue weighted by Gasteiger charge is -2.37. The van der Waals surface area contributed by atoms with E-state index in [9.17, 15) is 24.3 Å². The number of fused-ring (bicyclic) bond motifs is 3. The number of ether oxygens (including phenoxy) is 6. The number of imide groups is 1. The van der Waals surface area contributed by atoms with E-state index in [4.69, 9.17) is 28.4 Å². The van der Waals surface area contributed by atoms with E-state index in [0.717, 1.165) is 17.1 Å². The highest BCUT2D eigenvalue weighted by Crippen LogP contribution is 2.55. The maximum atomic E-state index is 13.0. The highest BCUT2D eigenvalue weighted by molar-refractivity contribution is 6.13. The number of carbonyl (C=O) groups excluding carboxylic acids is 4. The van der Waals surface area contributed by atoms with Crippen LogP contribution in [0.2, 0.25) is 0 Å². The van der Waals surface area contributed by atoms with Gasteiger partial charge in [-0.05, 0) is 41.0 Å². The number of hydrogen-bond donors (Lipinski definition) is 1. The van der Waals surface area contributed by atoms with E-state index < -0.39 is 47.6 Å². The topological polar surface area (TPSA) is 147 Å². The second kappa shape index (κ2) is 9.87. The predicted octanol–water partition coefficient (Wildman–Crippen LogP) is 1.62. The van der Waals surface area contributed by atoms with Gasteiger partial charge >= 0.3 is 11.9 Å². The number of hydrogen-bond acceptors (Lipinski definition) is 11. The van der Waals surface area contributed by atoms with Gasteiger partial charge in [0.05, 0.1) is 39.3 Å². The highest BCUT2D eigenvalue weighted by Gasteiger charge is 2.52. The smallest absolute Gasteiger partial charge is 0.313 e. The van der Waals surface area contributed by atoms with Crippen molar-refractivity contribution >= 4 is 23.8 Å². The van der Waals surface area contributed by atoms with Gasteiger partial charge < -0.3 is 33.5 Å². The van der Waals surface area contributed by atoms with Gasteiger partial charge in [-0.25, -0.2) is 0 Å². The summed E-state index contributed by atoms with van der Waals surface area (Å²) in [6, 6.07) is 6.77. The molecule has 208 valence electrons. The fourth-order valence-electron chi connectivity index (χ4n) is 5.73. The summed E-state index contributed by atoms with van der Waals surface area (Å²) in [5.74, 6) is -2.59. The van der Waals surface area contributed by atoms with Crippen LogP contribution in [0.3, 0.4) is 0 Å². The van der Waals surface area contributed by atoms with Crippen LogP contribution < -0.4 is 23.7 Å². The molecule has 40 heavy (non-hydrogen) atoms. The van der Waals surface area contributed by atoms with E-state index in [-0.39, 0.29) is 43.6 Å². The molecule has 3 aliphatic heterocycles. The Morgan fingerprint density at radius 2 is 1.57 bits per heavy atom. The van der Waals surface area contributed by atoms with Crippen LogP contribution in [0.5, 0.6) is 28.7 Å². The van der Waals surface area contributed by atoms with Crippen molar-refractivity contribution in [1.29, 1.82) is 0 Å². The van der Waals surface area contributed by atoms with Crippen molar-refractivity contribution in [2.45, 2.75) is 18.4 Å². The summed E-state index contributed by atoms with van der Waals surface area (Å²) < 4.78 is 33.1. The number of esters is 2. The van der Waals surface area contributed by atoms with Crippen LogP contribution in [-0.4, -0.2) is 67.9 Å². The maximum Gasteiger partial charge on any atom is 0.313 e. The molecule has 2 aromatic rings. The zero-order chi connectivity index (χ0) is 28.1. The average Bonchev–Trinajstić information content (AvgIpc) is 3.66. The van der Waals surface area contributed by atoms with Gasteiger partial charge in [0, 0.05) is 30.5 Å². The molecule has 1 fully saturated rings. The standard InChI is InChI=1S/C28H25NO11/c1-35-19-7-13(8-20(36-2)27(19)40-23(32)5-6-29-21(30)3-4-22(29)31)24-14-9-17-18(39-12-38-17)10-15(14)26(33)16-11-37-28(34)25(16)24/h3-4,7-10,16,24-26,33H,5-6,11-12H2,1-2H3/t16-,24+,25-,26+/m0/s1. The zero-order valence-corrected chi connectivity index (χ0v) is 21.6. The van der Waals surface area contributed by atoms with Crippen LogP contribution in [0.4, 0.5) is 0 Å². The summed E-state index contributed by atoms with van der Waals surface area (Å²) in [5.41, 5.74) is 1.87. The molecular formula is C28H25NO11. The first-order chi connectivity index (χ1) is 19.3. The summed E-state index contributed by atoms with van der Waals surface area (Å²) in [7, 11) is 2.79. The van der Waals surface area contributed by atoms with Crippen LogP contribution in [0.25, 0.3) is 0 Å². The Morgan fingerprint density at radius 3 is 2.20 bits per heavy atom. The third-order valence-corrected chi connectivity index (χ3v) is 7.65. The first kappa shape index (κ1) is 25.7. The van der Waals surface area contributed by atoms with E-state index in [1.807, 2.05) is 0 Å². The van der Waals surface area contributed by atoms with Crippen molar-refractivity contribution in [2.24, 2.45) is 11.8 Å².